The molecule has 128 valence electrons. The third kappa shape index (κ3) is 5.43. The maximum atomic E-state index is 11.9. The van der Waals surface area contributed by atoms with Crippen LogP contribution in [0.2, 0.25) is 0 Å². The summed E-state index contributed by atoms with van der Waals surface area (Å²) in [6.45, 7) is 8.98. The summed E-state index contributed by atoms with van der Waals surface area (Å²) < 4.78 is 5.19. The van der Waals surface area contributed by atoms with Crippen molar-refractivity contribution in [1.29, 1.82) is 0 Å². The Morgan fingerprint density at radius 2 is 1.86 bits per heavy atom. The van der Waals surface area contributed by atoms with E-state index in [-0.39, 0.29) is 30.7 Å². The van der Waals surface area contributed by atoms with Crippen molar-refractivity contribution in [1.82, 2.24) is 20.3 Å². The summed E-state index contributed by atoms with van der Waals surface area (Å²) in [4.78, 5) is 16.2. The molecule has 0 bridgehead atoms. The Morgan fingerprint density at radius 3 is 2.36 bits per heavy atom. The first-order valence-corrected chi connectivity index (χ1v) is 7.18. The molecule has 1 N–H and O–H groups in total. The number of carbonyl (C=O) groups is 1. The molecule has 0 spiro atoms. The van der Waals surface area contributed by atoms with E-state index >= 15 is 0 Å². The standard InChI is InChI=1S/C14H24N4O2.2ClH/c1-11-13(12(2)20-16-11)10-17-6-8-18(9-7-17)14(19)4-5-15-3;;/h15H,4-10H2,1-3H3;2*1H. The van der Waals surface area contributed by atoms with Crippen LogP contribution in [-0.2, 0) is 11.3 Å². The fraction of sp³-hybridized carbons (Fsp3) is 0.714. The number of hydrogen-bond donors (Lipinski definition) is 1. The van der Waals surface area contributed by atoms with E-state index in [4.69, 9.17) is 4.52 Å². The van der Waals surface area contributed by atoms with E-state index < -0.39 is 0 Å². The molecule has 1 aromatic rings. The van der Waals surface area contributed by atoms with E-state index in [0.717, 1.165) is 50.7 Å². The van der Waals surface area contributed by atoms with Gasteiger partial charge in [-0.1, -0.05) is 5.16 Å². The SMILES string of the molecule is CNCCC(=O)N1CCN(Cc2c(C)noc2C)CC1.Cl.Cl. The van der Waals surface area contributed by atoms with Gasteiger partial charge in [0.15, 0.2) is 0 Å². The van der Waals surface area contributed by atoms with Gasteiger partial charge in [-0.05, 0) is 20.9 Å². The van der Waals surface area contributed by atoms with Gasteiger partial charge in [-0.2, -0.15) is 0 Å². The quantitative estimate of drug-likeness (QED) is 0.867. The molecule has 0 unspecified atom stereocenters. The molecular weight excluding hydrogens is 327 g/mol. The number of piperazine rings is 1. The van der Waals surface area contributed by atoms with E-state index in [9.17, 15) is 4.79 Å². The van der Waals surface area contributed by atoms with Gasteiger partial charge in [0.1, 0.15) is 5.76 Å². The molecule has 1 fully saturated rings. The first-order chi connectivity index (χ1) is 9.61. The monoisotopic (exact) mass is 352 g/mol. The molecule has 0 radical (unpaired) electrons. The van der Waals surface area contributed by atoms with Gasteiger partial charge in [0.25, 0.3) is 0 Å². The summed E-state index contributed by atoms with van der Waals surface area (Å²) >= 11 is 0. The Hall–Kier alpha value is -0.820. The van der Waals surface area contributed by atoms with Crippen LogP contribution in [0.1, 0.15) is 23.4 Å². The minimum absolute atomic E-state index is 0. The molecule has 2 rings (SSSR count). The topological polar surface area (TPSA) is 61.6 Å². The first kappa shape index (κ1) is 21.2. The number of hydrogen-bond acceptors (Lipinski definition) is 5. The summed E-state index contributed by atoms with van der Waals surface area (Å²) in [6.07, 6.45) is 0.584. The highest BCUT2D eigenvalue weighted by Crippen LogP contribution is 2.16. The molecule has 1 saturated heterocycles. The number of aromatic nitrogens is 1. The van der Waals surface area contributed by atoms with Crippen molar-refractivity contribution >= 4 is 30.7 Å². The van der Waals surface area contributed by atoms with Gasteiger partial charge in [0.2, 0.25) is 5.91 Å². The Morgan fingerprint density at radius 1 is 1.23 bits per heavy atom. The lowest BCUT2D eigenvalue weighted by molar-refractivity contribution is -0.132. The summed E-state index contributed by atoms with van der Waals surface area (Å²) in [5.74, 6) is 1.14. The normalized spacial score (nSPS) is 15.1. The third-order valence-electron chi connectivity index (χ3n) is 3.88. The van der Waals surface area contributed by atoms with Gasteiger partial charge >= 0.3 is 0 Å². The van der Waals surface area contributed by atoms with Gasteiger partial charge in [-0.25, -0.2) is 0 Å². The number of aryl methyl sites for hydroxylation is 2. The smallest absolute Gasteiger partial charge is 0.223 e. The zero-order valence-electron chi connectivity index (χ0n) is 13.4. The van der Waals surface area contributed by atoms with Gasteiger partial charge in [0.05, 0.1) is 5.69 Å². The molecule has 22 heavy (non-hydrogen) atoms. The zero-order valence-corrected chi connectivity index (χ0v) is 15.1. The largest absolute Gasteiger partial charge is 0.361 e. The molecule has 6 nitrogen and oxygen atoms in total. The van der Waals surface area contributed by atoms with Crippen molar-refractivity contribution in [2.45, 2.75) is 26.8 Å². The molecule has 1 amide bonds. The van der Waals surface area contributed by atoms with Crippen LogP contribution in [0.25, 0.3) is 0 Å². The molecule has 0 aliphatic carbocycles. The molecule has 0 atom stereocenters. The van der Waals surface area contributed by atoms with E-state index in [1.165, 1.54) is 5.56 Å². The molecule has 1 aliphatic heterocycles. The van der Waals surface area contributed by atoms with Crippen molar-refractivity contribution in [3.8, 4) is 0 Å². The van der Waals surface area contributed by atoms with E-state index in [2.05, 4.69) is 15.4 Å². The summed E-state index contributed by atoms with van der Waals surface area (Å²) in [5.41, 5.74) is 2.15. The predicted molar refractivity (Wildman–Crippen MR) is 90.9 cm³/mol. The molecule has 0 aromatic carbocycles. The van der Waals surface area contributed by atoms with Crippen molar-refractivity contribution in [3.63, 3.8) is 0 Å². The molecular formula is C14H26Cl2N4O2. The lowest BCUT2D eigenvalue weighted by Gasteiger charge is -2.34. The second-order valence-electron chi connectivity index (χ2n) is 5.31. The number of halogens is 2. The second-order valence-corrected chi connectivity index (χ2v) is 5.31. The Balaban J connectivity index is 0.00000220. The lowest BCUT2D eigenvalue weighted by atomic mass is 10.1. The highest BCUT2D eigenvalue weighted by Gasteiger charge is 2.22. The average Bonchev–Trinajstić information content (AvgIpc) is 2.77. The van der Waals surface area contributed by atoms with Crippen molar-refractivity contribution < 1.29 is 9.32 Å². The number of nitrogens with one attached hydrogen (secondary N) is 1. The summed E-state index contributed by atoms with van der Waals surface area (Å²) in [7, 11) is 1.87. The van der Waals surface area contributed by atoms with Crippen molar-refractivity contribution in [2.24, 2.45) is 0 Å². The van der Waals surface area contributed by atoms with Crippen LogP contribution < -0.4 is 5.32 Å². The minimum Gasteiger partial charge on any atom is -0.361 e. The van der Waals surface area contributed by atoms with Crippen molar-refractivity contribution in [2.75, 3.05) is 39.8 Å². The highest BCUT2D eigenvalue weighted by atomic mass is 35.5. The van der Waals surface area contributed by atoms with Crippen molar-refractivity contribution in [3.05, 3.63) is 17.0 Å². The maximum Gasteiger partial charge on any atom is 0.223 e. The van der Waals surface area contributed by atoms with Crippen LogP contribution in [0, 0.1) is 13.8 Å². The van der Waals surface area contributed by atoms with Crippen LogP contribution in [0.15, 0.2) is 4.52 Å². The molecule has 2 heterocycles. The average molecular weight is 353 g/mol. The number of nitrogens with zero attached hydrogens (tertiary/aromatic N) is 3. The number of carbonyl (C=O) groups excluding carboxylic acids is 1. The summed E-state index contributed by atoms with van der Waals surface area (Å²) in [5, 5.41) is 7.00. The zero-order chi connectivity index (χ0) is 14.5. The van der Waals surface area contributed by atoms with Crippen LogP contribution >= 0.6 is 24.8 Å². The van der Waals surface area contributed by atoms with Gasteiger partial charge in [-0.3, -0.25) is 9.69 Å². The molecule has 0 saturated carbocycles. The van der Waals surface area contributed by atoms with Crippen LogP contribution in [0.5, 0.6) is 0 Å². The fourth-order valence-corrected chi connectivity index (χ4v) is 2.50. The maximum absolute atomic E-state index is 11.9. The fourth-order valence-electron chi connectivity index (χ4n) is 2.50. The van der Waals surface area contributed by atoms with Crippen LogP contribution in [0.3, 0.4) is 0 Å². The molecule has 8 heteroatoms. The second kappa shape index (κ2) is 10.0. The van der Waals surface area contributed by atoms with E-state index in [1.54, 1.807) is 0 Å². The van der Waals surface area contributed by atoms with E-state index in [0.29, 0.717) is 6.42 Å². The minimum atomic E-state index is 0. The lowest BCUT2D eigenvalue weighted by Crippen LogP contribution is -2.48. The third-order valence-corrected chi connectivity index (χ3v) is 3.88. The molecule has 1 aliphatic rings. The summed E-state index contributed by atoms with van der Waals surface area (Å²) in [6, 6.07) is 0. The number of rotatable bonds is 5. The van der Waals surface area contributed by atoms with Gasteiger partial charge in [0, 0.05) is 51.3 Å². The van der Waals surface area contributed by atoms with Gasteiger partial charge < -0.3 is 14.7 Å². The first-order valence-electron chi connectivity index (χ1n) is 7.18. The Kier molecular flexibility index (Phi) is 9.67. The number of amides is 1. The molecule has 1 aromatic heterocycles. The Bertz CT molecular complexity index is 440. The highest BCUT2D eigenvalue weighted by molar-refractivity contribution is 5.85. The van der Waals surface area contributed by atoms with Crippen LogP contribution in [-0.4, -0.2) is 60.6 Å². The van der Waals surface area contributed by atoms with Gasteiger partial charge in [-0.15, -0.1) is 24.8 Å². The van der Waals surface area contributed by atoms with E-state index in [1.807, 2.05) is 25.8 Å². The Labute approximate surface area is 144 Å². The van der Waals surface area contributed by atoms with Crippen LogP contribution in [0.4, 0.5) is 0 Å². The predicted octanol–water partition coefficient (Wildman–Crippen LogP) is 1.39.